The Balaban J connectivity index is 2.17. The summed E-state index contributed by atoms with van der Waals surface area (Å²) in [7, 11) is 1.36. The number of carboxylic acid groups (broad SMARTS) is 1. The summed E-state index contributed by atoms with van der Waals surface area (Å²) in [6.45, 7) is 0. The first-order chi connectivity index (χ1) is 12.7. The zero-order valence-electron chi connectivity index (χ0n) is 13.7. The lowest BCUT2D eigenvalue weighted by molar-refractivity contribution is -0.304. The van der Waals surface area contributed by atoms with Crippen molar-refractivity contribution in [1.82, 2.24) is 0 Å². The van der Waals surface area contributed by atoms with Gasteiger partial charge in [0.1, 0.15) is 22.8 Å². The van der Waals surface area contributed by atoms with Gasteiger partial charge in [-0.25, -0.2) is 4.79 Å². The fourth-order valence-electron chi connectivity index (χ4n) is 2.55. The average Bonchev–Trinajstić information content (AvgIpc) is 2.61. The van der Waals surface area contributed by atoms with Crippen LogP contribution < -0.4 is 14.2 Å². The first-order valence-corrected chi connectivity index (χ1v) is 7.88. The summed E-state index contributed by atoms with van der Waals surface area (Å²) in [5.41, 5.74) is -0.945. The van der Waals surface area contributed by atoms with Crippen LogP contribution in [0.2, 0.25) is 5.02 Å². The van der Waals surface area contributed by atoms with Gasteiger partial charge in [-0.3, -0.25) is 0 Å². The van der Waals surface area contributed by atoms with Crippen molar-refractivity contribution in [3.8, 4) is 17.2 Å². The minimum absolute atomic E-state index is 0.176. The summed E-state index contributed by atoms with van der Waals surface area (Å²) < 4.78 is 57.2. The maximum absolute atomic E-state index is 14.0. The number of rotatable bonds is 4. The van der Waals surface area contributed by atoms with Crippen molar-refractivity contribution in [1.29, 1.82) is 0 Å². The van der Waals surface area contributed by atoms with Gasteiger partial charge in [0.05, 0.1) is 12.1 Å². The number of hydrogen-bond donors (Lipinski definition) is 1. The normalized spacial score (nSPS) is 18.8. The Bertz CT molecular complexity index is 925. The molecule has 0 aliphatic carbocycles. The molecule has 0 radical (unpaired) electrons. The number of halogens is 4. The molecule has 1 N–H and O–H groups in total. The van der Waals surface area contributed by atoms with E-state index < -0.39 is 29.3 Å². The highest BCUT2D eigenvalue weighted by molar-refractivity contribution is 6.32. The van der Waals surface area contributed by atoms with E-state index in [-0.39, 0.29) is 22.1 Å². The Morgan fingerprint density at radius 1 is 1.22 bits per heavy atom. The molecule has 27 heavy (non-hydrogen) atoms. The lowest BCUT2D eigenvalue weighted by atomic mass is 9.97. The molecule has 1 aliphatic rings. The molecule has 0 aromatic heterocycles. The fraction of sp³-hybridized carbons (Fsp3) is 0.167. The Kier molecular flexibility index (Phi) is 4.69. The zero-order valence-corrected chi connectivity index (χ0v) is 14.5. The number of carbonyl (C=O) groups is 1. The summed E-state index contributed by atoms with van der Waals surface area (Å²) in [6, 6.07) is 9.41. The van der Waals surface area contributed by atoms with Crippen LogP contribution in [-0.4, -0.2) is 30.1 Å². The summed E-state index contributed by atoms with van der Waals surface area (Å²) in [5.74, 6) is -5.72. The van der Waals surface area contributed by atoms with Crippen LogP contribution in [0, 0.1) is 0 Å². The van der Waals surface area contributed by atoms with E-state index in [2.05, 4.69) is 0 Å². The van der Waals surface area contributed by atoms with Gasteiger partial charge < -0.3 is 19.3 Å². The van der Waals surface area contributed by atoms with Crippen molar-refractivity contribution in [3.63, 3.8) is 0 Å². The van der Waals surface area contributed by atoms with E-state index in [9.17, 15) is 23.1 Å². The number of carboxylic acids is 1. The van der Waals surface area contributed by atoms with Crippen LogP contribution in [0.3, 0.4) is 0 Å². The van der Waals surface area contributed by atoms with Gasteiger partial charge in [0, 0.05) is 11.6 Å². The molecule has 1 unspecified atom stereocenters. The van der Waals surface area contributed by atoms with Gasteiger partial charge >= 0.3 is 17.9 Å². The largest absolute Gasteiger partial charge is 0.497 e. The molecular formula is C18H12ClF3O5. The van der Waals surface area contributed by atoms with Crippen molar-refractivity contribution < 1.29 is 37.3 Å². The molecule has 1 aliphatic heterocycles. The van der Waals surface area contributed by atoms with Crippen LogP contribution in [-0.2, 0) is 4.79 Å². The van der Waals surface area contributed by atoms with Crippen molar-refractivity contribution >= 4 is 23.6 Å². The van der Waals surface area contributed by atoms with Gasteiger partial charge in [-0.2, -0.15) is 13.2 Å². The third-order valence-corrected chi connectivity index (χ3v) is 4.12. The molecule has 5 nitrogen and oxygen atoms in total. The molecule has 0 fully saturated rings. The molecule has 0 amide bonds. The molecular weight excluding hydrogens is 389 g/mol. The van der Waals surface area contributed by atoms with Crippen molar-refractivity contribution in [2.45, 2.75) is 12.0 Å². The predicted octanol–water partition coefficient (Wildman–Crippen LogP) is 4.55. The number of benzene rings is 2. The van der Waals surface area contributed by atoms with Crippen molar-refractivity contribution in [3.05, 3.63) is 58.6 Å². The number of fused-ring (bicyclic) bond motifs is 1. The maximum Gasteiger partial charge on any atom is 0.473 e. The zero-order chi connectivity index (χ0) is 19.8. The lowest BCUT2D eigenvalue weighted by Crippen LogP contribution is -2.59. The number of alkyl halides is 3. The summed E-state index contributed by atoms with van der Waals surface area (Å²) >= 11 is 5.97. The van der Waals surface area contributed by atoms with Crippen LogP contribution in [0.25, 0.3) is 6.08 Å². The number of methoxy groups -OCH3 is 1. The van der Waals surface area contributed by atoms with Crippen molar-refractivity contribution in [2.24, 2.45) is 0 Å². The Morgan fingerprint density at radius 3 is 2.52 bits per heavy atom. The highest BCUT2D eigenvalue weighted by Gasteiger charge is 2.66. The second-order valence-electron chi connectivity index (χ2n) is 5.52. The van der Waals surface area contributed by atoms with E-state index in [1.165, 1.54) is 37.4 Å². The van der Waals surface area contributed by atoms with Gasteiger partial charge in [0.2, 0.25) is 0 Å². The van der Waals surface area contributed by atoms with Gasteiger partial charge in [0.15, 0.2) is 0 Å². The maximum atomic E-state index is 14.0. The van der Waals surface area contributed by atoms with E-state index >= 15 is 0 Å². The summed E-state index contributed by atoms with van der Waals surface area (Å²) in [6.07, 6.45) is -4.36. The van der Waals surface area contributed by atoms with Gasteiger partial charge in [-0.05, 0) is 24.3 Å². The lowest BCUT2D eigenvalue weighted by Gasteiger charge is -2.38. The van der Waals surface area contributed by atoms with Crippen LogP contribution in [0.5, 0.6) is 17.2 Å². The fourth-order valence-corrected chi connectivity index (χ4v) is 2.76. The van der Waals surface area contributed by atoms with E-state index in [0.29, 0.717) is 0 Å². The Morgan fingerprint density at radius 2 is 1.93 bits per heavy atom. The molecule has 142 valence electrons. The van der Waals surface area contributed by atoms with E-state index in [1.807, 2.05) is 0 Å². The monoisotopic (exact) mass is 400 g/mol. The quantitative estimate of drug-likeness (QED) is 0.816. The van der Waals surface area contributed by atoms with Crippen LogP contribution >= 0.6 is 11.6 Å². The molecule has 0 saturated heterocycles. The number of ether oxygens (including phenoxy) is 3. The first kappa shape index (κ1) is 18.9. The highest BCUT2D eigenvalue weighted by atomic mass is 35.5. The smallest absolute Gasteiger partial charge is 0.473 e. The first-order valence-electron chi connectivity index (χ1n) is 7.51. The molecule has 0 bridgehead atoms. The minimum atomic E-state index is -5.23. The van der Waals surface area contributed by atoms with Gasteiger partial charge in [-0.1, -0.05) is 29.8 Å². The molecule has 2 aromatic carbocycles. The van der Waals surface area contributed by atoms with Gasteiger partial charge in [-0.15, -0.1) is 0 Å². The van der Waals surface area contributed by atoms with Crippen LogP contribution in [0.4, 0.5) is 13.2 Å². The van der Waals surface area contributed by atoms with E-state index in [1.54, 1.807) is 6.07 Å². The van der Waals surface area contributed by atoms with Crippen LogP contribution in [0.15, 0.2) is 48.0 Å². The molecule has 1 heterocycles. The third-order valence-electron chi connectivity index (χ3n) is 3.82. The summed E-state index contributed by atoms with van der Waals surface area (Å²) in [4.78, 5) is 11.6. The molecule has 9 heteroatoms. The van der Waals surface area contributed by atoms with E-state index in [0.717, 1.165) is 12.1 Å². The minimum Gasteiger partial charge on any atom is -0.497 e. The van der Waals surface area contributed by atoms with Crippen LogP contribution in [0.1, 0.15) is 5.56 Å². The third kappa shape index (κ3) is 3.28. The number of hydrogen-bond acceptors (Lipinski definition) is 4. The Labute approximate surface area is 156 Å². The predicted molar refractivity (Wildman–Crippen MR) is 90.1 cm³/mol. The molecule has 3 rings (SSSR count). The average molecular weight is 401 g/mol. The SMILES string of the molecule is COc1ccc(OC2(C(F)(F)F)Oc3ccccc3C=C2C(=O)O)c(Cl)c1. The molecule has 0 saturated carbocycles. The molecule has 2 aromatic rings. The molecule has 0 spiro atoms. The van der Waals surface area contributed by atoms with E-state index in [4.69, 9.17) is 25.8 Å². The topological polar surface area (TPSA) is 65.0 Å². The van der Waals surface area contributed by atoms with Gasteiger partial charge in [0.25, 0.3) is 0 Å². The standard InChI is InChI=1S/C18H12ClF3O5/c1-25-11-6-7-15(13(19)9-11)27-17(18(20,21)22)12(16(23)24)8-10-4-2-3-5-14(10)26-17/h2-9H,1H3,(H,23,24). The van der Waals surface area contributed by atoms with Crippen molar-refractivity contribution in [2.75, 3.05) is 7.11 Å². The number of aliphatic carboxylic acids is 1. The summed E-state index contributed by atoms with van der Waals surface area (Å²) in [5, 5.41) is 9.21. The second kappa shape index (κ2) is 6.70. The Hall–Kier alpha value is -2.87. The number of para-hydroxylation sites is 1. The second-order valence-corrected chi connectivity index (χ2v) is 5.92. The highest BCUT2D eigenvalue weighted by Crippen LogP contribution is 2.47. The molecule has 1 atom stereocenters.